The maximum atomic E-state index is 11.4. The third-order valence-corrected chi connectivity index (χ3v) is 3.42. The SMILES string of the molecule is O=C(O)c1cc(Cl)ccc1-c1cccc2ccncc12. The molecule has 0 unspecified atom stereocenters. The molecule has 0 spiro atoms. The largest absolute Gasteiger partial charge is 0.478 e. The van der Waals surface area contributed by atoms with Gasteiger partial charge in [-0.1, -0.05) is 35.9 Å². The fourth-order valence-electron chi connectivity index (χ4n) is 2.28. The van der Waals surface area contributed by atoms with Crippen molar-refractivity contribution < 1.29 is 9.90 Å². The van der Waals surface area contributed by atoms with Crippen molar-refractivity contribution in [3.63, 3.8) is 0 Å². The van der Waals surface area contributed by atoms with Crippen molar-refractivity contribution in [1.82, 2.24) is 4.98 Å². The number of carboxylic acid groups (broad SMARTS) is 1. The molecule has 0 saturated carbocycles. The quantitative estimate of drug-likeness (QED) is 0.765. The third kappa shape index (κ3) is 2.12. The molecule has 1 N–H and O–H groups in total. The van der Waals surface area contributed by atoms with Gasteiger partial charge >= 0.3 is 5.97 Å². The molecule has 4 heteroatoms. The van der Waals surface area contributed by atoms with E-state index in [0.717, 1.165) is 16.3 Å². The summed E-state index contributed by atoms with van der Waals surface area (Å²) >= 11 is 5.89. The Morgan fingerprint density at radius 3 is 2.75 bits per heavy atom. The molecule has 0 bridgehead atoms. The summed E-state index contributed by atoms with van der Waals surface area (Å²) in [6.45, 7) is 0. The molecule has 1 aromatic heterocycles. The standard InChI is InChI=1S/C16H10ClNO2/c17-11-4-5-13(14(8-11)16(19)20)12-3-1-2-10-6-7-18-9-15(10)12/h1-9H,(H,19,20). The van der Waals surface area contributed by atoms with Crippen LogP contribution in [0, 0.1) is 0 Å². The summed E-state index contributed by atoms with van der Waals surface area (Å²) in [5, 5.41) is 11.7. The number of pyridine rings is 1. The fourth-order valence-corrected chi connectivity index (χ4v) is 2.45. The minimum absolute atomic E-state index is 0.189. The van der Waals surface area contributed by atoms with Crippen LogP contribution in [0.25, 0.3) is 21.9 Å². The van der Waals surface area contributed by atoms with Crippen LogP contribution < -0.4 is 0 Å². The predicted octanol–water partition coefficient (Wildman–Crippen LogP) is 4.25. The van der Waals surface area contributed by atoms with Crippen LogP contribution in [0.4, 0.5) is 0 Å². The lowest BCUT2D eigenvalue weighted by Gasteiger charge is -2.10. The first-order chi connectivity index (χ1) is 9.66. The Morgan fingerprint density at radius 2 is 1.95 bits per heavy atom. The average Bonchev–Trinajstić information content (AvgIpc) is 2.46. The molecule has 0 aliphatic carbocycles. The highest BCUT2D eigenvalue weighted by atomic mass is 35.5. The van der Waals surface area contributed by atoms with E-state index in [1.807, 2.05) is 24.3 Å². The molecule has 0 aliphatic heterocycles. The number of benzene rings is 2. The number of fused-ring (bicyclic) bond motifs is 1. The van der Waals surface area contributed by atoms with E-state index in [1.54, 1.807) is 24.5 Å². The number of carbonyl (C=O) groups is 1. The van der Waals surface area contributed by atoms with Crippen LogP contribution in [0.1, 0.15) is 10.4 Å². The normalized spacial score (nSPS) is 10.7. The summed E-state index contributed by atoms with van der Waals surface area (Å²) in [6, 6.07) is 12.5. The van der Waals surface area contributed by atoms with Gasteiger partial charge in [-0.15, -0.1) is 0 Å². The van der Waals surface area contributed by atoms with Gasteiger partial charge in [0.25, 0.3) is 0 Å². The Kier molecular flexibility index (Phi) is 3.12. The van der Waals surface area contributed by atoms with Gasteiger partial charge in [-0.3, -0.25) is 4.98 Å². The van der Waals surface area contributed by atoms with Crippen LogP contribution in [-0.2, 0) is 0 Å². The maximum Gasteiger partial charge on any atom is 0.336 e. The molecule has 2 aromatic carbocycles. The highest BCUT2D eigenvalue weighted by Gasteiger charge is 2.14. The van der Waals surface area contributed by atoms with Crippen LogP contribution in [-0.4, -0.2) is 16.1 Å². The minimum atomic E-state index is -0.997. The zero-order chi connectivity index (χ0) is 14.1. The monoisotopic (exact) mass is 283 g/mol. The lowest BCUT2D eigenvalue weighted by Crippen LogP contribution is -1.99. The van der Waals surface area contributed by atoms with Crippen molar-refractivity contribution in [1.29, 1.82) is 0 Å². The van der Waals surface area contributed by atoms with E-state index in [0.29, 0.717) is 10.6 Å². The Bertz CT molecular complexity index is 809. The first kappa shape index (κ1) is 12.6. The third-order valence-electron chi connectivity index (χ3n) is 3.19. The minimum Gasteiger partial charge on any atom is -0.478 e. The van der Waals surface area contributed by atoms with Crippen LogP contribution in [0.15, 0.2) is 54.9 Å². The van der Waals surface area contributed by atoms with Gasteiger partial charge in [0.15, 0.2) is 0 Å². The van der Waals surface area contributed by atoms with Crippen molar-refractivity contribution in [2.45, 2.75) is 0 Å². The Labute approximate surface area is 120 Å². The molecule has 0 aliphatic rings. The molecule has 0 amide bonds. The van der Waals surface area contributed by atoms with E-state index >= 15 is 0 Å². The van der Waals surface area contributed by atoms with Gasteiger partial charge in [0, 0.05) is 22.8 Å². The highest BCUT2D eigenvalue weighted by molar-refractivity contribution is 6.31. The molecule has 3 aromatic rings. The molecule has 20 heavy (non-hydrogen) atoms. The van der Waals surface area contributed by atoms with Gasteiger partial charge in [-0.05, 0) is 34.7 Å². The maximum absolute atomic E-state index is 11.4. The summed E-state index contributed by atoms with van der Waals surface area (Å²) in [6.07, 6.45) is 3.46. The number of carboxylic acids is 1. The summed E-state index contributed by atoms with van der Waals surface area (Å²) < 4.78 is 0. The van der Waals surface area contributed by atoms with E-state index in [4.69, 9.17) is 11.6 Å². The summed E-state index contributed by atoms with van der Waals surface area (Å²) in [5.74, 6) is -0.997. The fraction of sp³-hybridized carbons (Fsp3) is 0. The molecule has 0 radical (unpaired) electrons. The Hall–Kier alpha value is -2.39. The molecular formula is C16H10ClNO2. The zero-order valence-electron chi connectivity index (χ0n) is 10.4. The molecule has 0 fully saturated rings. The molecule has 0 atom stereocenters. The van der Waals surface area contributed by atoms with E-state index < -0.39 is 5.97 Å². The van der Waals surface area contributed by atoms with E-state index in [1.165, 1.54) is 6.07 Å². The molecule has 3 rings (SSSR count). The van der Waals surface area contributed by atoms with E-state index in [-0.39, 0.29) is 5.56 Å². The van der Waals surface area contributed by atoms with Gasteiger partial charge in [0.05, 0.1) is 5.56 Å². The van der Waals surface area contributed by atoms with Crippen molar-refractivity contribution in [2.75, 3.05) is 0 Å². The van der Waals surface area contributed by atoms with Crippen LogP contribution in [0.3, 0.4) is 0 Å². The van der Waals surface area contributed by atoms with Gasteiger partial charge in [0.1, 0.15) is 0 Å². The van der Waals surface area contributed by atoms with Crippen LogP contribution >= 0.6 is 11.6 Å². The second kappa shape index (κ2) is 4.94. The zero-order valence-corrected chi connectivity index (χ0v) is 11.1. The van der Waals surface area contributed by atoms with Gasteiger partial charge < -0.3 is 5.11 Å². The number of hydrogen-bond donors (Lipinski definition) is 1. The van der Waals surface area contributed by atoms with Crippen molar-refractivity contribution in [2.24, 2.45) is 0 Å². The van der Waals surface area contributed by atoms with Crippen molar-refractivity contribution >= 4 is 28.3 Å². The summed E-state index contributed by atoms with van der Waals surface area (Å²) in [7, 11) is 0. The molecule has 98 valence electrons. The predicted molar refractivity (Wildman–Crippen MR) is 79.1 cm³/mol. The Morgan fingerprint density at radius 1 is 1.10 bits per heavy atom. The molecule has 3 nitrogen and oxygen atoms in total. The van der Waals surface area contributed by atoms with E-state index in [9.17, 15) is 9.90 Å². The first-order valence-electron chi connectivity index (χ1n) is 6.03. The van der Waals surface area contributed by atoms with E-state index in [2.05, 4.69) is 4.98 Å². The number of hydrogen-bond acceptors (Lipinski definition) is 2. The van der Waals surface area contributed by atoms with Gasteiger partial charge in [0.2, 0.25) is 0 Å². The molecule has 1 heterocycles. The highest BCUT2D eigenvalue weighted by Crippen LogP contribution is 2.32. The lowest BCUT2D eigenvalue weighted by atomic mass is 9.95. The van der Waals surface area contributed by atoms with Crippen molar-refractivity contribution in [3.05, 3.63) is 65.4 Å². The Balaban J connectivity index is 2.34. The van der Waals surface area contributed by atoms with Crippen LogP contribution in [0.2, 0.25) is 5.02 Å². The summed E-state index contributed by atoms with van der Waals surface area (Å²) in [4.78, 5) is 15.5. The second-order valence-corrected chi connectivity index (χ2v) is 4.83. The number of aromatic carboxylic acids is 1. The summed E-state index contributed by atoms with van der Waals surface area (Å²) in [5.41, 5.74) is 1.67. The number of nitrogens with zero attached hydrogens (tertiary/aromatic N) is 1. The smallest absolute Gasteiger partial charge is 0.336 e. The first-order valence-corrected chi connectivity index (χ1v) is 6.40. The average molecular weight is 284 g/mol. The van der Waals surface area contributed by atoms with Crippen molar-refractivity contribution in [3.8, 4) is 11.1 Å². The number of halogens is 1. The van der Waals surface area contributed by atoms with Gasteiger partial charge in [-0.2, -0.15) is 0 Å². The molecular weight excluding hydrogens is 274 g/mol. The van der Waals surface area contributed by atoms with Gasteiger partial charge in [-0.25, -0.2) is 4.79 Å². The second-order valence-electron chi connectivity index (χ2n) is 4.40. The molecule has 0 saturated heterocycles. The van der Waals surface area contributed by atoms with Crippen LogP contribution in [0.5, 0.6) is 0 Å². The lowest BCUT2D eigenvalue weighted by molar-refractivity contribution is 0.0698. The number of rotatable bonds is 2. The topological polar surface area (TPSA) is 50.2 Å². The number of aromatic nitrogens is 1.